The molecule has 2 aromatic rings. The van der Waals surface area contributed by atoms with Crippen molar-refractivity contribution in [3.8, 4) is 5.75 Å². The SMILES string of the molecule is COc1cccc(N2CC(C(=O)Nc3ccccc3C(=O)NCC(C)C)CC2=O)c1. The summed E-state index contributed by atoms with van der Waals surface area (Å²) in [5, 5.41) is 5.70. The van der Waals surface area contributed by atoms with E-state index in [4.69, 9.17) is 4.74 Å². The Hall–Kier alpha value is -3.35. The highest BCUT2D eigenvalue weighted by Gasteiger charge is 2.35. The lowest BCUT2D eigenvalue weighted by atomic mass is 10.1. The number of ether oxygens (including phenoxy) is 1. The van der Waals surface area contributed by atoms with Crippen molar-refractivity contribution in [1.82, 2.24) is 5.32 Å². The van der Waals surface area contributed by atoms with Gasteiger partial charge in [-0.05, 0) is 30.2 Å². The molecule has 0 spiro atoms. The van der Waals surface area contributed by atoms with E-state index in [1.807, 2.05) is 19.9 Å². The molecule has 1 unspecified atom stereocenters. The molecule has 1 heterocycles. The van der Waals surface area contributed by atoms with Crippen molar-refractivity contribution in [1.29, 1.82) is 0 Å². The number of methoxy groups -OCH3 is 1. The molecule has 2 N–H and O–H groups in total. The number of benzene rings is 2. The third-order valence-electron chi connectivity index (χ3n) is 4.96. The number of nitrogens with one attached hydrogen (secondary N) is 2. The van der Waals surface area contributed by atoms with E-state index in [-0.39, 0.29) is 30.7 Å². The molecule has 7 nitrogen and oxygen atoms in total. The van der Waals surface area contributed by atoms with E-state index in [0.717, 1.165) is 0 Å². The quantitative estimate of drug-likeness (QED) is 0.736. The van der Waals surface area contributed by atoms with Crippen molar-refractivity contribution in [2.45, 2.75) is 20.3 Å². The maximum atomic E-state index is 12.9. The molecule has 2 aromatic carbocycles. The van der Waals surface area contributed by atoms with Crippen molar-refractivity contribution in [3.05, 3.63) is 54.1 Å². The lowest BCUT2D eigenvalue weighted by Gasteiger charge is -2.18. The van der Waals surface area contributed by atoms with Crippen molar-refractivity contribution in [3.63, 3.8) is 0 Å². The highest BCUT2D eigenvalue weighted by molar-refractivity contribution is 6.07. The van der Waals surface area contributed by atoms with Gasteiger partial charge in [-0.1, -0.05) is 32.0 Å². The van der Waals surface area contributed by atoms with Crippen LogP contribution in [-0.2, 0) is 9.59 Å². The molecular formula is C23H27N3O4. The summed E-state index contributed by atoms with van der Waals surface area (Å²) in [6.07, 6.45) is 0.116. The van der Waals surface area contributed by atoms with Crippen LogP contribution in [0.2, 0.25) is 0 Å². The number of hydrogen-bond donors (Lipinski definition) is 2. The van der Waals surface area contributed by atoms with Gasteiger partial charge in [0.25, 0.3) is 5.91 Å². The molecule has 1 aliphatic rings. The Morgan fingerprint density at radius 3 is 2.67 bits per heavy atom. The second kappa shape index (κ2) is 9.43. The number of para-hydroxylation sites is 1. The molecule has 1 saturated heterocycles. The fourth-order valence-electron chi connectivity index (χ4n) is 3.33. The first kappa shape index (κ1) is 21.4. The van der Waals surface area contributed by atoms with E-state index in [0.29, 0.717) is 35.2 Å². The van der Waals surface area contributed by atoms with Gasteiger partial charge in [-0.25, -0.2) is 0 Å². The van der Waals surface area contributed by atoms with Gasteiger partial charge in [-0.3, -0.25) is 14.4 Å². The summed E-state index contributed by atoms with van der Waals surface area (Å²) in [6.45, 7) is 4.85. The zero-order valence-electron chi connectivity index (χ0n) is 17.5. The molecule has 7 heteroatoms. The molecule has 1 fully saturated rings. The third kappa shape index (κ3) is 4.97. The van der Waals surface area contributed by atoms with Crippen molar-refractivity contribution in [2.75, 3.05) is 30.4 Å². The van der Waals surface area contributed by atoms with Gasteiger partial charge in [-0.2, -0.15) is 0 Å². The van der Waals surface area contributed by atoms with E-state index in [1.165, 1.54) is 0 Å². The number of rotatable bonds is 7. The minimum absolute atomic E-state index is 0.116. The average molecular weight is 409 g/mol. The normalized spacial score (nSPS) is 15.9. The van der Waals surface area contributed by atoms with E-state index in [9.17, 15) is 14.4 Å². The van der Waals surface area contributed by atoms with E-state index in [1.54, 1.807) is 54.5 Å². The number of carbonyl (C=O) groups excluding carboxylic acids is 3. The fourth-order valence-corrected chi connectivity index (χ4v) is 3.33. The Kier molecular flexibility index (Phi) is 6.72. The second-order valence-electron chi connectivity index (χ2n) is 7.75. The Bertz CT molecular complexity index is 942. The number of amides is 3. The van der Waals surface area contributed by atoms with E-state index < -0.39 is 5.92 Å². The highest BCUT2D eigenvalue weighted by Crippen LogP contribution is 2.29. The maximum absolute atomic E-state index is 12.9. The fraction of sp³-hybridized carbons (Fsp3) is 0.348. The van der Waals surface area contributed by atoms with Crippen molar-refractivity contribution < 1.29 is 19.1 Å². The Balaban J connectivity index is 1.70. The molecule has 30 heavy (non-hydrogen) atoms. The Morgan fingerprint density at radius 1 is 1.17 bits per heavy atom. The lowest BCUT2D eigenvalue weighted by molar-refractivity contribution is -0.122. The number of hydrogen-bond acceptors (Lipinski definition) is 4. The summed E-state index contributed by atoms with van der Waals surface area (Å²) in [7, 11) is 1.57. The summed E-state index contributed by atoms with van der Waals surface area (Å²) in [5.74, 6) is -0.169. The molecule has 3 amide bonds. The van der Waals surface area contributed by atoms with Crippen LogP contribution in [0.15, 0.2) is 48.5 Å². The van der Waals surface area contributed by atoms with Gasteiger partial charge in [0.15, 0.2) is 0 Å². The molecule has 0 radical (unpaired) electrons. The summed E-state index contributed by atoms with van der Waals surface area (Å²) >= 11 is 0. The summed E-state index contributed by atoms with van der Waals surface area (Å²) in [4.78, 5) is 39.4. The van der Waals surface area contributed by atoms with Gasteiger partial charge in [-0.15, -0.1) is 0 Å². The molecule has 0 saturated carbocycles. The number of carbonyl (C=O) groups is 3. The molecule has 0 aromatic heterocycles. The molecule has 158 valence electrons. The minimum atomic E-state index is -0.504. The summed E-state index contributed by atoms with van der Waals surface area (Å²) in [6, 6.07) is 14.1. The first-order valence-corrected chi connectivity index (χ1v) is 10.0. The minimum Gasteiger partial charge on any atom is -0.497 e. The Morgan fingerprint density at radius 2 is 1.93 bits per heavy atom. The standard InChI is InChI=1S/C23H27N3O4/c1-15(2)13-24-23(29)19-9-4-5-10-20(19)25-22(28)16-11-21(27)26(14-16)17-7-6-8-18(12-17)30-3/h4-10,12,15-16H,11,13-14H2,1-3H3,(H,24,29)(H,25,28). The highest BCUT2D eigenvalue weighted by atomic mass is 16.5. The van der Waals surface area contributed by atoms with Gasteiger partial charge >= 0.3 is 0 Å². The summed E-state index contributed by atoms with van der Waals surface area (Å²) in [5.41, 5.74) is 1.54. The molecule has 0 aliphatic carbocycles. The zero-order valence-corrected chi connectivity index (χ0v) is 17.5. The van der Waals surface area contributed by atoms with Gasteiger partial charge < -0.3 is 20.3 Å². The van der Waals surface area contributed by atoms with Crippen LogP contribution in [0.1, 0.15) is 30.6 Å². The lowest BCUT2D eigenvalue weighted by Crippen LogP contribution is -2.30. The van der Waals surface area contributed by atoms with Crippen LogP contribution in [-0.4, -0.2) is 37.9 Å². The molecule has 1 atom stereocenters. The van der Waals surface area contributed by atoms with Gasteiger partial charge in [0, 0.05) is 31.3 Å². The van der Waals surface area contributed by atoms with Crippen LogP contribution >= 0.6 is 0 Å². The van der Waals surface area contributed by atoms with Crippen molar-refractivity contribution >= 4 is 29.1 Å². The third-order valence-corrected chi connectivity index (χ3v) is 4.96. The largest absolute Gasteiger partial charge is 0.497 e. The smallest absolute Gasteiger partial charge is 0.253 e. The monoisotopic (exact) mass is 409 g/mol. The van der Waals surface area contributed by atoms with Gasteiger partial charge in [0.1, 0.15) is 5.75 Å². The van der Waals surface area contributed by atoms with Crippen LogP contribution in [0.3, 0.4) is 0 Å². The first-order valence-electron chi connectivity index (χ1n) is 10.0. The van der Waals surface area contributed by atoms with Crippen LogP contribution in [0.5, 0.6) is 5.75 Å². The first-order chi connectivity index (χ1) is 14.4. The van der Waals surface area contributed by atoms with Crippen LogP contribution in [0, 0.1) is 11.8 Å². The molecule has 1 aliphatic heterocycles. The van der Waals surface area contributed by atoms with Gasteiger partial charge in [0.05, 0.1) is 24.3 Å². The maximum Gasteiger partial charge on any atom is 0.253 e. The number of anilines is 2. The van der Waals surface area contributed by atoms with Gasteiger partial charge in [0.2, 0.25) is 11.8 Å². The number of nitrogens with zero attached hydrogens (tertiary/aromatic N) is 1. The molecule has 3 rings (SSSR count). The van der Waals surface area contributed by atoms with Crippen molar-refractivity contribution in [2.24, 2.45) is 11.8 Å². The van der Waals surface area contributed by atoms with Crippen LogP contribution in [0.4, 0.5) is 11.4 Å². The topological polar surface area (TPSA) is 87.7 Å². The van der Waals surface area contributed by atoms with Crippen LogP contribution < -0.4 is 20.3 Å². The zero-order chi connectivity index (χ0) is 21.7. The van der Waals surface area contributed by atoms with E-state index >= 15 is 0 Å². The van der Waals surface area contributed by atoms with Crippen LogP contribution in [0.25, 0.3) is 0 Å². The predicted octanol–water partition coefficient (Wildman–Crippen LogP) is 3.07. The second-order valence-corrected chi connectivity index (χ2v) is 7.75. The molecule has 0 bridgehead atoms. The Labute approximate surface area is 176 Å². The molecular weight excluding hydrogens is 382 g/mol. The average Bonchev–Trinajstić information content (AvgIpc) is 3.14. The predicted molar refractivity (Wildman–Crippen MR) is 116 cm³/mol. The summed E-state index contributed by atoms with van der Waals surface area (Å²) < 4.78 is 5.22. The van der Waals surface area contributed by atoms with E-state index in [2.05, 4.69) is 10.6 Å².